The highest BCUT2D eigenvalue weighted by molar-refractivity contribution is 9.10. The van der Waals surface area contributed by atoms with Crippen molar-refractivity contribution in [2.75, 3.05) is 19.6 Å². The van der Waals surface area contributed by atoms with Crippen molar-refractivity contribution in [1.82, 2.24) is 4.90 Å². The lowest BCUT2D eigenvalue weighted by atomic mass is 9.93. The first kappa shape index (κ1) is 16.0. The van der Waals surface area contributed by atoms with E-state index in [9.17, 15) is 0 Å². The lowest BCUT2D eigenvalue weighted by Crippen LogP contribution is -2.38. The van der Waals surface area contributed by atoms with Gasteiger partial charge in [-0.05, 0) is 52.1 Å². The third kappa shape index (κ3) is 4.88. The van der Waals surface area contributed by atoms with Crippen LogP contribution in [-0.2, 0) is 6.54 Å². The summed E-state index contributed by atoms with van der Waals surface area (Å²) >= 11 is 9.47. The van der Waals surface area contributed by atoms with Crippen LogP contribution >= 0.6 is 27.5 Å². The van der Waals surface area contributed by atoms with Gasteiger partial charge in [0.25, 0.3) is 0 Å². The predicted octanol–water partition coefficient (Wildman–Crippen LogP) is 3.91. The van der Waals surface area contributed by atoms with Crippen molar-refractivity contribution in [3.8, 4) is 0 Å². The molecule has 1 aromatic carbocycles. The molecule has 0 atom stereocenters. The first-order valence-corrected chi connectivity index (χ1v) is 7.41. The maximum absolute atomic E-state index is 6.00. The fraction of sp³-hybridized carbons (Fsp3) is 0.571. The van der Waals surface area contributed by atoms with Crippen molar-refractivity contribution in [2.45, 2.75) is 27.3 Å². The van der Waals surface area contributed by atoms with Crippen LogP contribution in [0.3, 0.4) is 0 Å². The zero-order valence-electron chi connectivity index (χ0n) is 11.3. The molecule has 0 unspecified atom stereocenters. The molecule has 2 nitrogen and oxygen atoms in total. The van der Waals surface area contributed by atoms with E-state index in [4.69, 9.17) is 17.3 Å². The second kappa shape index (κ2) is 6.90. The maximum atomic E-state index is 6.00. The highest BCUT2D eigenvalue weighted by Gasteiger charge is 2.19. The van der Waals surface area contributed by atoms with Gasteiger partial charge in [0.2, 0.25) is 0 Å². The lowest BCUT2D eigenvalue weighted by molar-refractivity contribution is 0.183. The van der Waals surface area contributed by atoms with Gasteiger partial charge in [-0.2, -0.15) is 0 Å². The van der Waals surface area contributed by atoms with Gasteiger partial charge in [-0.1, -0.05) is 38.4 Å². The standard InChI is InChI=1S/C14H22BrClN2/c1-4-18(10-14(2,3)9-17)8-11-5-6-13(16)12(15)7-11/h5-7H,4,8-10,17H2,1-3H3. The van der Waals surface area contributed by atoms with Gasteiger partial charge in [0.05, 0.1) is 5.02 Å². The van der Waals surface area contributed by atoms with Gasteiger partial charge in [0.15, 0.2) is 0 Å². The van der Waals surface area contributed by atoms with E-state index in [-0.39, 0.29) is 5.41 Å². The predicted molar refractivity (Wildman–Crippen MR) is 82.9 cm³/mol. The monoisotopic (exact) mass is 332 g/mol. The van der Waals surface area contributed by atoms with Crippen molar-refractivity contribution < 1.29 is 0 Å². The first-order valence-electron chi connectivity index (χ1n) is 6.24. The molecule has 0 amide bonds. The Labute approximate surface area is 124 Å². The number of benzene rings is 1. The molecule has 0 aliphatic rings. The summed E-state index contributed by atoms with van der Waals surface area (Å²) in [6.07, 6.45) is 0. The summed E-state index contributed by atoms with van der Waals surface area (Å²) in [5.74, 6) is 0. The molecule has 2 N–H and O–H groups in total. The molecule has 0 fully saturated rings. The van der Waals surface area contributed by atoms with Crippen molar-refractivity contribution in [1.29, 1.82) is 0 Å². The van der Waals surface area contributed by atoms with Crippen LogP contribution in [0.2, 0.25) is 5.02 Å². The van der Waals surface area contributed by atoms with E-state index in [2.05, 4.69) is 53.7 Å². The summed E-state index contributed by atoms with van der Waals surface area (Å²) in [4.78, 5) is 2.41. The second-order valence-electron chi connectivity index (χ2n) is 5.42. The Kier molecular flexibility index (Phi) is 6.12. The zero-order chi connectivity index (χ0) is 13.8. The van der Waals surface area contributed by atoms with Crippen LogP contribution in [0.5, 0.6) is 0 Å². The average molecular weight is 334 g/mol. The Morgan fingerprint density at radius 1 is 1.39 bits per heavy atom. The summed E-state index contributed by atoms with van der Waals surface area (Å²) < 4.78 is 0.954. The van der Waals surface area contributed by atoms with Gasteiger partial charge < -0.3 is 5.73 Å². The van der Waals surface area contributed by atoms with Gasteiger partial charge >= 0.3 is 0 Å². The van der Waals surface area contributed by atoms with Crippen LogP contribution in [0.25, 0.3) is 0 Å². The normalized spacial score (nSPS) is 12.2. The summed E-state index contributed by atoms with van der Waals surface area (Å²) in [6, 6.07) is 6.09. The number of rotatable bonds is 6. The first-order chi connectivity index (χ1) is 8.38. The summed E-state index contributed by atoms with van der Waals surface area (Å²) in [5.41, 5.74) is 7.21. The number of nitrogens with two attached hydrogens (primary N) is 1. The van der Waals surface area contributed by atoms with Crippen molar-refractivity contribution in [3.63, 3.8) is 0 Å². The Balaban J connectivity index is 2.71. The summed E-state index contributed by atoms with van der Waals surface area (Å²) in [6.45, 7) is 10.2. The Hall–Kier alpha value is -0.0900. The molecule has 0 saturated carbocycles. The van der Waals surface area contributed by atoms with Gasteiger partial charge in [-0.25, -0.2) is 0 Å². The minimum atomic E-state index is 0.152. The third-order valence-corrected chi connectivity index (χ3v) is 4.26. The quantitative estimate of drug-likeness (QED) is 0.855. The Morgan fingerprint density at radius 2 is 2.06 bits per heavy atom. The minimum absolute atomic E-state index is 0.152. The van der Waals surface area contributed by atoms with Gasteiger partial charge in [0, 0.05) is 17.6 Å². The van der Waals surface area contributed by atoms with Crippen molar-refractivity contribution in [3.05, 3.63) is 33.3 Å². The number of halogens is 2. The van der Waals surface area contributed by atoms with Crippen LogP contribution < -0.4 is 5.73 Å². The molecule has 102 valence electrons. The van der Waals surface area contributed by atoms with E-state index in [1.807, 2.05) is 6.07 Å². The topological polar surface area (TPSA) is 29.3 Å². The van der Waals surface area contributed by atoms with Crippen LogP contribution in [0.4, 0.5) is 0 Å². The number of nitrogens with zero attached hydrogens (tertiary/aromatic N) is 1. The van der Waals surface area contributed by atoms with Gasteiger partial charge in [-0.15, -0.1) is 0 Å². The van der Waals surface area contributed by atoms with Gasteiger partial charge in [-0.3, -0.25) is 4.90 Å². The fourth-order valence-electron chi connectivity index (χ4n) is 1.85. The maximum Gasteiger partial charge on any atom is 0.0548 e. The van der Waals surface area contributed by atoms with E-state index in [0.29, 0.717) is 6.54 Å². The van der Waals surface area contributed by atoms with Crippen LogP contribution in [-0.4, -0.2) is 24.5 Å². The molecular formula is C14H22BrClN2. The smallest absolute Gasteiger partial charge is 0.0548 e. The highest BCUT2D eigenvalue weighted by Crippen LogP contribution is 2.24. The largest absolute Gasteiger partial charge is 0.330 e. The minimum Gasteiger partial charge on any atom is -0.330 e. The molecule has 0 bridgehead atoms. The molecule has 0 heterocycles. The number of hydrogen-bond acceptors (Lipinski definition) is 2. The molecule has 0 saturated heterocycles. The van der Waals surface area contributed by atoms with E-state index >= 15 is 0 Å². The molecule has 0 aliphatic heterocycles. The Morgan fingerprint density at radius 3 is 2.56 bits per heavy atom. The molecule has 0 aliphatic carbocycles. The fourth-order valence-corrected chi connectivity index (χ4v) is 2.39. The van der Waals surface area contributed by atoms with Crippen molar-refractivity contribution >= 4 is 27.5 Å². The van der Waals surface area contributed by atoms with Crippen LogP contribution in [0.1, 0.15) is 26.3 Å². The molecule has 4 heteroatoms. The van der Waals surface area contributed by atoms with Crippen LogP contribution in [0.15, 0.2) is 22.7 Å². The zero-order valence-corrected chi connectivity index (χ0v) is 13.7. The van der Waals surface area contributed by atoms with E-state index in [1.165, 1.54) is 5.56 Å². The second-order valence-corrected chi connectivity index (χ2v) is 6.68. The van der Waals surface area contributed by atoms with Crippen molar-refractivity contribution in [2.24, 2.45) is 11.1 Å². The molecule has 1 rings (SSSR count). The lowest BCUT2D eigenvalue weighted by Gasteiger charge is -2.31. The SMILES string of the molecule is CCN(Cc1ccc(Cl)c(Br)c1)CC(C)(C)CN. The summed E-state index contributed by atoms with van der Waals surface area (Å²) in [7, 11) is 0. The Bertz CT molecular complexity index is 393. The molecule has 0 spiro atoms. The highest BCUT2D eigenvalue weighted by atomic mass is 79.9. The van der Waals surface area contributed by atoms with Crippen LogP contribution in [0, 0.1) is 5.41 Å². The third-order valence-electron chi connectivity index (χ3n) is 3.04. The summed E-state index contributed by atoms with van der Waals surface area (Å²) in [5, 5.41) is 0.754. The molecule has 0 aromatic heterocycles. The average Bonchev–Trinajstić information content (AvgIpc) is 2.33. The number of hydrogen-bond donors (Lipinski definition) is 1. The van der Waals surface area contributed by atoms with E-state index < -0.39 is 0 Å². The molecule has 0 radical (unpaired) electrons. The van der Waals surface area contributed by atoms with Gasteiger partial charge in [0.1, 0.15) is 0 Å². The molecule has 1 aromatic rings. The van der Waals surface area contributed by atoms with E-state index in [1.54, 1.807) is 0 Å². The molecule has 18 heavy (non-hydrogen) atoms. The molecular weight excluding hydrogens is 312 g/mol. The van der Waals surface area contributed by atoms with E-state index in [0.717, 1.165) is 29.1 Å².